The van der Waals surface area contributed by atoms with Crippen LogP contribution in [0.5, 0.6) is 5.75 Å². The predicted molar refractivity (Wildman–Crippen MR) is 113 cm³/mol. The molecule has 2 aromatic rings. The van der Waals surface area contributed by atoms with Gasteiger partial charge in [0.15, 0.2) is 0 Å². The first-order valence-electron chi connectivity index (χ1n) is 9.48. The SMILES string of the molecule is CCN(CC(=O)Nc1ccc(C(C)C)cc1)CC(=O)Nc1ccccc1OC. The summed E-state index contributed by atoms with van der Waals surface area (Å²) in [5, 5.41) is 5.71. The summed E-state index contributed by atoms with van der Waals surface area (Å²) in [6.07, 6.45) is 0. The van der Waals surface area contributed by atoms with Gasteiger partial charge in [-0.05, 0) is 42.3 Å². The fourth-order valence-electron chi connectivity index (χ4n) is 2.78. The Bertz CT molecular complexity index is 788. The zero-order chi connectivity index (χ0) is 20.5. The summed E-state index contributed by atoms with van der Waals surface area (Å²) in [5.41, 5.74) is 2.59. The highest BCUT2D eigenvalue weighted by Crippen LogP contribution is 2.22. The van der Waals surface area contributed by atoms with Crippen LogP contribution in [0.25, 0.3) is 0 Å². The molecule has 6 heteroatoms. The van der Waals surface area contributed by atoms with E-state index in [0.29, 0.717) is 23.9 Å². The quantitative estimate of drug-likeness (QED) is 0.692. The molecule has 0 atom stereocenters. The largest absolute Gasteiger partial charge is 0.495 e. The molecule has 2 aromatic carbocycles. The lowest BCUT2D eigenvalue weighted by molar-refractivity contribution is -0.119. The molecule has 2 amide bonds. The molecule has 2 rings (SSSR count). The number of nitrogens with zero attached hydrogens (tertiary/aromatic N) is 1. The van der Waals surface area contributed by atoms with Crippen molar-refractivity contribution in [2.45, 2.75) is 26.7 Å². The molecular formula is C22H29N3O3. The minimum atomic E-state index is -0.194. The van der Waals surface area contributed by atoms with Crippen molar-refractivity contribution in [1.82, 2.24) is 4.90 Å². The number of ether oxygens (including phenoxy) is 1. The number of nitrogens with one attached hydrogen (secondary N) is 2. The van der Waals surface area contributed by atoms with Gasteiger partial charge in [-0.15, -0.1) is 0 Å². The summed E-state index contributed by atoms with van der Waals surface area (Å²) in [7, 11) is 1.56. The molecule has 0 radical (unpaired) electrons. The molecular weight excluding hydrogens is 354 g/mol. The summed E-state index contributed by atoms with van der Waals surface area (Å²) in [5.74, 6) is 0.702. The van der Waals surface area contributed by atoms with Gasteiger partial charge in [0.2, 0.25) is 11.8 Å². The molecule has 0 unspecified atom stereocenters. The van der Waals surface area contributed by atoms with Gasteiger partial charge in [0.1, 0.15) is 5.75 Å². The molecule has 2 N–H and O–H groups in total. The molecule has 28 heavy (non-hydrogen) atoms. The van der Waals surface area contributed by atoms with E-state index in [9.17, 15) is 9.59 Å². The van der Waals surface area contributed by atoms with Gasteiger partial charge < -0.3 is 15.4 Å². The van der Waals surface area contributed by atoms with Crippen LogP contribution < -0.4 is 15.4 Å². The highest BCUT2D eigenvalue weighted by molar-refractivity contribution is 5.95. The highest BCUT2D eigenvalue weighted by atomic mass is 16.5. The third kappa shape index (κ3) is 6.39. The predicted octanol–water partition coefficient (Wildman–Crippen LogP) is 3.72. The Hall–Kier alpha value is -2.86. The topological polar surface area (TPSA) is 70.7 Å². The van der Waals surface area contributed by atoms with Gasteiger partial charge in [0, 0.05) is 5.69 Å². The summed E-state index contributed by atoms with van der Waals surface area (Å²) >= 11 is 0. The molecule has 6 nitrogen and oxygen atoms in total. The van der Waals surface area contributed by atoms with E-state index in [-0.39, 0.29) is 24.9 Å². The lowest BCUT2D eigenvalue weighted by atomic mass is 10.0. The summed E-state index contributed by atoms with van der Waals surface area (Å²) < 4.78 is 5.24. The fourth-order valence-corrected chi connectivity index (χ4v) is 2.78. The molecule has 0 aliphatic carbocycles. The maximum absolute atomic E-state index is 12.4. The summed E-state index contributed by atoms with van der Waals surface area (Å²) in [6.45, 7) is 7.02. The Morgan fingerprint density at radius 1 is 0.964 bits per heavy atom. The summed E-state index contributed by atoms with van der Waals surface area (Å²) in [4.78, 5) is 26.5. The van der Waals surface area contributed by atoms with Gasteiger partial charge in [-0.3, -0.25) is 14.5 Å². The molecule has 0 saturated heterocycles. The second-order valence-electron chi connectivity index (χ2n) is 6.88. The number of carbonyl (C=O) groups excluding carboxylic acids is 2. The molecule has 0 fully saturated rings. The zero-order valence-electron chi connectivity index (χ0n) is 17.0. The van der Waals surface area contributed by atoms with Crippen LogP contribution in [0.2, 0.25) is 0 Å². The number of hydrogen-bond donors (Lipinski definition) is 2. The van der Waals surface area contributed by atoms with Crippen molar-refractivity contribution >= 4 is 23.2 Å². The Labute approximate surface area is 166 Å². The van der Waals surface area contributed by atoms with Crippen LogP contribution in [0.4, 0.5) is 11.4 Å². The Balaban J connectivity index is 1.88. The first-order chi connectivity index (χ1) is 13.4. The molecule has 0 aliphatic heterocycles. The molecule has 0 aliphatic rings. The van der Waals surface area contributed by atoms with E-state index in [1.54, 1.807) is 24.1 Å². The first-order valence-corrected chi connectivity index (χ1v) is 9.48. The van der Waals surface area contributed by atoms with Crippen LogP contribution in [0.1, 0.15) is 32.3 Å². The number of rotatable bonds is 9. The number of anilines is 2. The van der Waals surface area contributed by atoms with Crippen LogP contribution in [0, 0.1) is 0 Å². The zero-order valence-corrected chi connectivity index (χ0v) is 17.0. The van der Waals surface area contributed by atoms with Crippen molar-refractivity contribution in [1.29, 1.82) is 0 Å². The van der Waals surface area contributed by atoms with E-state index < -0.39 is 0 Å². The third-order valence-corrected chi connectivity index (χ3v) is 4.42. The Morgan fingerprint density at radius 2 is 1.57 bits per heavy atom. The van der Waals surface area contributed by atoms with E-state index in [4.69, 9.17) is 4.74 Å². The first kappa shape index (κ1) is 21.4. The molecule has 0 saturated carbocycles. The standard InChI is InChI=1S/C22H29N3O3/c1-5-25(15-22(27)24-19-8-6-7-9-20(19)28-4)14-21(26)23-18-12-10-17(11-13-18)16(2)3/h6-13,16H,5,14-15H2,1-4H3,(H,23,26)(H,24,27). The van der Waals surface area contributed by atoms with Crippen molar-refractivity contribution < 1.29 is 14.3 Å². The van der Waals surface area contributed by atoms with Crippen molar-refractivity contribution in [2.75, 3.05) is 37.4 Å². The minimum Gasteiger partial charge on any atom is -0.495 e. The van der Waals surface area contributed by atoms with Crippen LogP contribution in [-0.2, 0) is 9.59 Å². The van der Waals surface area contributed by atoms with E-state index in [0.717, 1.165) is 5.69 Å². The van der Waals surface area contributed by atoms with Gasteiger partial charge in [-0.1, -0.05) is 45.0 Å². The molecule has 0 bridgehead atoms. The van der Waals surface area contributed by atoms with Crippen molar-refractivity contribution in [3.63, 3.8) is 0 Å². The van der Waals surface area contributed by atoms with E-state index >= 15 is 0 Å². The maximum atomic E-state index is 12.4. The van der Waals surface area contributed by atoms with E-state index in [1.807, 2.05) is 43.3 Å². The van der Waals surface area contributed by atoms with Gasteiger partial charge in [-0.25, -0.2) is 0 Å². The second-order valence-corrected chi connectivity index (χ2v) is 6.88. The van der Waals surface area contributed by atoms with Gasteiger partial charge in [0.05, 0.1) is 25.9 Å². The number of likely N-dealkylation sites (N-methyl/N-ethyl adjacent to an activating group) is 1. The molecule has 0 aromatic heterocycles. The number of benzene rings is 2. The van der Waals surface area contributed by atoms with Crippen LogP contribution >= 0.6 is 0 Å². The fraction of sp³-hybridized carbons (Fsp3) is 0.364. The van der Waals surface area contributed by atoms with Crippen molar-refractivity contribution in [3.05, 3.63) is 54.1 Å². The number of amides is 2. The van der Waals surface area contributed by atoms with Gasteiger partial charge in [-0.2, -0.15) is 0 Å². The molecule has 0 heterocycles. The molecule has 150 valence electrons. The van der Waals surface area contributed by atoms with Crippen molar-refractivity contribution in [2.24, 2.45) is 0 Å². The summed E-state index contributed by atoms with van der Waals surface area (Å²) in [6, 6.07) is 15.1. The highest BCUT2D eigenvalue weighted by Gasteiger charge is 2.15. The number of carbonyl (C=O) groups is 2. The monoisotopic (exact) mass is 383 g/mol. The number of methoxy groups -OCH3 is 1. The second kappa shape index (κ2) is 10.5. The minimum absolute atomic E-state index is 0.119. The lowest BCUT2D eigenvalue weighted by Gasteiger charge is -2.20. The van der Waals surface area contributed by atoms with E-state index in [1.165, 1.54) is 5.56 Å². The van der Waals surface area contributed by atoms with Gasteiger partial charge in [0.25, 0.3) is 0 Å². The average Bonchev–Trinajstić information content (AvgIpc) is 2.68. The van der Waals surface area contributed by atoms with Crippen LogP contribution in [0.15, 0.2) is 48.5 Å². The normalized spacial score (nSPS) is 10.8. The lowest BCUT2D eigenvalue weighted by Crippen LogP contribution is -2.38. The number of para-hydroxylation sites is 2. The number of hydrogen-bond acceptors (Lipinski definition) is 4. The Morgan fingerprint density at radius 3 is 2.14 bits per heavy atom. The Kier molecular flexibility index (Phi) is 8.02. The van der Waals surface area contributed by atoms with Crippen LogP contribution in [0.3, 0.4) is 0 Å². The van der Waals surface area contributed by atoms with Gasteiger partial charge >= 0.3 is 0 Å². The maximum Gasteiger partial charge on any atom is 0.238 e. The average molecular weight is 383 g/mol. The van der Waals surface area contributed by atoms with E-state index in [2.05, 4.69) is 24.5 Å². The van der Waals surface area contributed by atoms with Crippen molar-refractivity contribution in [3.8, 4) is 5.75 Å². The third-order valence-electron chi connectivity index (χ3n) is 4.42. The van der Waals surface area contributed by atoms with Crippen LogP contribution in [-0.4, -0.2) is 43.5 Å². The molecule has 0 spiro atoms. The smallest absolute Gasteiger partial charge is 0.238 e.